The highest BCUT2D eigenvalue weighted by atomic mass is 35.5. The van der Waals surface area contributed by atoms with Crippen LogP contribution in [0.1, 0.15) is 96.5 Å². The standard InChI is InChI=1S/C31H37N3O11.ClH/c1-12-24(36)16(32)9-19(43-12)44-18-11-31(42,13(2)33-34-29(41)45-30(3,4)5)10-15-21(18)28(40)23-22(26(15)38)25(37)14-7-6-8-17(35)20(14)27(23)39;/h6-8,12,16,18-19,24,35-36,38,40,42H,9-11,32H2,1-5H3,(H,34,41);1H/b33-13-;/t12-,16-,18?,19-,24+,31?;/m0./s1. The van der Waals surface area contributed by atoms with Crippen molar-refractivity contribution in [3.63, 3.8) is 0 Å². The molecule has 5 rings (SSSR count). The van der Waals surface area contributed by atoms with Crippen molar-refractivity contribution in [3.8, 4) is 17.2 Å². The first-order chi connectivity index (χ1) is 20.9. The summed E-state index contributed by atoms with van der Waals surface area (Å²) < 4.78 is 17.2. The number of nitrogens with two attached hydrogens (primary N) is 1. The van der Waals surface area contributed by atoms with Crippen molar-refractivity contribution in [2.45, 2.75) is 95.7 Å². The van der Waals surface area contributed by atoms with Crippen molar-refractivity contribution in [1.29, 1.82) is 0 Å². The second kappa shape index (κ2) is 12.4. The molecular weight excluding hydrogens is 626 g/mol. The molecule has 0 aromatic heterocycles. The molecule has 2 unspecified atom stereocenters. The number of halogens is 1. The number of hydrogen-bond acceptors (Lipinski definition) is 13. The molecule has 8 N–H and O–H groups in total. The Kier molecular flexibility index (Phi) is 9.48. The summed E-state index contributed by atoms with van der Waals surface area (Å²) in [6, 6.07) is 3.18. The first-order valence-electron chi connectivity index (χ1n) is 14.5. The van der Waals surface area contributed by atoms with E-state index in [0.717, 1.165) is 0 Å². The van der Waals surface area contributed by atoms with Gasteiger partial charge in [-0.15, -0.1) is 12.4 Å². The van der Waals surface area contributed by atoms with Crippen molar-refractivity contribution in [2.75, 3.05) is 0 Å². The first-order valence-corrected chi connectivity index (χ1v) is 14.5. The van der Waals surface area contributed by atoms with E-state index >= 15 is 0 Å². The highest BCUT2D eigenvalue weighted by molar-refractivity contribution is 6.31. The third-order valence-electron chi connectivity index (χ3n) is 8.33. The van der Waals surface area contributed by atoms with Gasteiger partial charge in [-0.25, -0.2) is 10.2 Å². The summed E-state index contributed by atoms with van der Waals surface area (Å²) in [4.78, 5) is 39.5. The number of carbonyl (C=O) groups is 3. The van der Waals surface area contributed by atoms with Crippen LogP contribution in [-0.4, -0.2) is 84.6 Å². The molecule has 1 amide bonds. The molecule has 2 aromatic rings. The SMILES string of the molecule is C/C(=N/NC(=O)OC(C)(C)C)C1(O)Cc2c(O)c3c(c(O)c2C(O[C@H]2C[C@H](N)[C@H](O)[C@H](C)O2)C1)C(=O)c1c(O)cccc1C3=O.Cl. The summed E-state index contributed by atoms with van der Waals surface area (Å²) in [5.74, 6) is -3.53. The molecule has 3 aliphatic rings. The third kappa shape index (κ3) is 6.16. The quantitative estimate of drug-likeness (QED) is 0.121. The van der Waals surface area contributed by atoms with Gasteiger partial charge in [0.25, 0.3) is 0 Å². The Labute approximate surface area is 270 Å². The number of aromatic hydroxyl groups is 3. The zero-order chi connectivity index (χ0) is 33.2. The molecule has 0 radical (unpaired) electrons. The number of nitrogens with one attached hydrogen (secondary N) is 1. The van der Waals surface area contributed by atoms with Crippen LogP contribution in [0.15, 0.2) is 23.3 Å². The van der Waals surface area contributed by atoms with E-state index < -0.39 is 94.3 Å². The van der Waals surface area contributed by atoms with E-state index in [-0.39, 0.29) is 53.2 Å². The summed E-state index contributed by atoms with van der Waals surface area (Å²) in [6.07, 6.45) is -5.61. The van der Waals surface area contributed by atoms with E-state index in [4.69, 9.17) is 19.9 Å². The van der Waals surface area contributed by atoms with Crippen LogP contribution in [0.4, 0.5) is 4.79 Å². The smallest absolute Gasteiger partial charge is 0.428 e. The van der Waals surface area contributed by atoms with Gasteiger partial charge in [0.05, 0.1) is 40.7 Å². The lowest BCUT2D eigenvalue weighted by molar-refractivity contribution is -0.245. The molecule has 14 nitrogen and oxygen atoms in total. The van der Waals surface area contributed by atoms with Crippen molar-refractivity contribution in [1.82, 2.24) is 5.43 Å². The van der Waals surface area contributed by atoms with Crippen molar-refractivity contribution in [3.05, 3.63) is 51.6 Å². The number of ketones is 2. The van der Waals surface area contributed by atoms with Gasteiger partial charge in [0, 0.05) is 42.0 Å². The largest absolute Gasteiger partial charge is 0.507 e. The maximum Gasteiger partial charge on any atom is 0.428 e. The number of amides is 1. The van der Waals surface area contributed by atoms with E-state index in [1.807, 2.05) is 0 Å². The molecule has 6 atom stereocenters. The Bertz CT molecular complexity index is 1610. The number of aliphatic hydroxyl groups excluding tert-OH is 1. The fraction of sp³-hybridized carbons (Fsp3) is 0.484. The lowest BCUT2D eigenvalue weighted by Crippen LogP contribution is -2.52. The van der Waals surface area contributed by atoms with E-state index in [1.165, 1.54) is 25.1 Å². The molecular formula is C31H38ClN3O11. The summed E-state index contributed by atoms with van der Waals surface area (Å²) in [7, 11) is 0. The van der Waals surface area contributed by atoms with Crippen LogP contribution in [0.25, 0.3) is 0 Å². The second-order valence-electron chi connectivity index (χ2n) is 12.7. The minimum atomic E-state index is -1.93. The van der Waals surface area contributed by atoms with Crippen LogP contribution in [0.3, 0.4) is 0 Å². The highest BCUT2D eigenvalue weighted by Gasteiger charge is 2.49. The number of fused-ring (bicyclic) bond motifs is 3. The molecule has 2 aromatic carbocycles. The molecule has 1 heterocycles. The summed E-state index contributed by atoms with van der Waals surface area (Å²) >= 11 is 0. The minimum Gasteiger partial charge on any atom is -0.507 e. The minimum absolute atomic E-state index is 0. The number of carbonyl (C=O) groups excluding carboxylic acids is 3. The third-order valence-corrected chi connectivity index (χ3v) is 8.33. The molecule has 1 saturated heterocycles. The van der Waals surface area contributed by atoms with Crippen LogP contribution < -0.4 is 11.2 Å². The number of hydrogen-bond donors (Lipinski definition) is 7. The van der Waals surface area contributed by atoms with Gasteiger partial charge in [-0.3, -0.25) is 9.59 Å². The number of nitrogens with zero attached hydrogens (tertiary/aromatic N) is 1. The van der Waals surface area contributed by atoms with Gasteiger partial charge in [-0.1, -0.05) is 12.1 Å². The Morgan fingerprint density at radius 2 is 1.76 bits per heavy atom. The Hall–Kier alpha value is -3.79. The topological polar surface area (TPSA) is 230 Å². The fourth-order valence-electron chi connectivity index (χ4n) is 6.04. The van der Waals surface area contributed by atoms with Gasteiger partial charge in [-0.2, -0.15) is 5.10 Å². The van der Waals surface area contributed by atoms with Gasteiger partial charge in [0.1, 0.15) is 28.5 Å². The summed E-state index contributed by atoms with van der Waals surface area (Å²) in [5.41, 5.74) is 3.85. The maximum absolute atomic E-state index is 13.6. The second-order valence-corrected chi connectivity index (χ2v) is 12.7. The molecule has 0 spiro atoms. The number of aliphatic hydroxyl groups is 2. The Morgan fingerprint density at radius 1 is 1.11 bits per heavy atom. The van der Waals surface area contributed by atoms with Gasteiger partial charge in [0.2, 0.25) is 5.78 Å². The average Bonchev–Trinajstić information content (AvgIpc) is 2.93. The predicted octanol–water partition coefficient (Wildman–Crippen LogP) is 2.46. The molecule has 0 saturated carbocycles. The van der Waals surface area contributed by atoms with Crippen molar-refractivity contribution < 1.29 is 54.1 Å². The summed E-state index contributed by atoms with van der Waals surface area (Å²) in [6.45, 7) is 8.01. The van der Waals surface area contributed by atoms with Gasteiger partial charge in [-0.05, 0) is 40.7 Å². The first kappa shape index (κ1) is 35.1. The number of ether oxygens (including phenoxy) is 3. The van der Waals surface area contributed by atoms with Gasteiger partial charge < -0.3 is 45.5 Å². The van der Waals surface area contributed by atoms with Gasteiger partial charge >= 0.3 is 6.09 Å². The highest BCUT2D eigenvalue weighted by Crippen LogP contribution is 2.52. The monoisotopic (exact) mass is 663 g/mol. The molecule has 250 valence electrons. The maximum atomic E-state index is 13.6. The van der Waals surface area contributed by atoms with Crippen LogP contribution in [-0.2, 0) is 20.6 Å². The average molecular weight is 664 g/mol. The lowest BCUT2D eigenvalue weighted by atomic mass is 9.72. The number of benzene rings is 2. The predicted molar refractivity (Wildman–Crippen MR) is 165 cm³/mol. The van der Waals surface area contributed by atoms with E-state index in [1.54, 1.807) is 27.7 Å². The molecule has 0 bridgehead atoms. The Balaban J connectivity index is 0.00000480. The van der Waals surface area contributed by atoms with E-state index in [9.17, 15) is 39.9 Å². The number of phenolic OH excluding ortho intramolecular Hbond substituents is 3. The lowest BCUT2D eigenvalue weighted by Gasteiger charge is -2.42. The zero-order valence-corrected chi connectivity index (χ0v) is 26.7. The van der Waals surface area contributed by atoms with Crippen LogP contribution in [0, 0.1) is 0 Å². The molecule has 15 heteroatoms. The molecule has 1 aliphatic heterocycles. The zero-order valence-electron chi connectivity index (χ0n) is 25.9. The molecule has 2 aliphatic carbocycles. The number of hydrazone groups is 1. The normalized spacial score (nSPS) is 27.6. The Morgan fingerprint density at radius 3 is 2.39 bits per heavy atom. The van der Waals surface area contributed by atoms with Crippen LogP contribution in [0.5, 0.6) is 17.2 Å². The van der Waals surface area contributed by atoms with Crippen LogP contribution in [0.2, 0.25) is 0 Å². The number of rotatable bonds is 4. The van der Waals surface area contributed by atoms with E-state index in [0.29, 0.717) is 0 Å². The molecule has 1 fully saturated rings. The number of phenols is 3. The fourth-order valence-corrected chi connectivity index (χ4v) is 6.04. The van der Waals surface area contributed by atoms with E-state index in [2.05, 4.69) is 10.5 Å². The summed E-state index contributed by atoms with van der Waals surface area (Å²) in [5, 5.41) is 59.8. The van der Waals surface area contributed by atoms with Crippen molar-refractivity contribution >= 4 is 35.8 Å². The van der Waals surface area contributed by atoms with Gasteiger partial charge in [0.15, 0.2) is 12.1 Å². The molecule has 46 heavy (non-hydrogen) atoms. The van der Waals surface area contributed by atoms with Crippen LogP contribution >= 0.6 is 12.4 Å². The van der Waals surface area contributed by atoms with Crippen molar-refractivity contribution in [2.24, 2.45) is 10.8 Å².